The van der Waals surface area contributed by atoms with Gasteiger partial charge in [-0.1, -0.05) is 20.8 Å². The van der Waals surface area contributed by atoms with Crippen LogP contribution in [0.5, 0.6) is 0 Å². The van der Waals surface area contributed by atoms with Crippen molar-refractivity contribution in [3.8, 4) is 0 Å². The average molecular weight is 311 g/mol. The molecule has 0 radical (unpaired) electrons. The predicted molar refractivity (Wildman–Crippen MR) is 73.3 cm³/mol. The van der Waals surface area contributed by atoms with E-state index >= 15 is 0 Å². The number of rotatable bonds is 6. The van der Waals surface area contributed by atoms with Crippen LogP contribution in [0.4, 0.5) is 13.2 Å². The highest BCUT2D eigenvalue weighted by atomic mass is 19.4. The quantitative estimate of drug-likeness (QED) is 0.772. The molecule has 0 aliphatic carbocycles. The summed E-state index contributed by atoms with van der Waals surface area (Å²) >= 11 is 0. The lowest BCUT2D eigenvalue weighted by Crippen LogP contribution is -2.45. The predicted octanol–water partition coefficient (Wildman–Crippen LogP) is 1.13. The number of carbonyl (C=O) groups excluding carboxylic acids is 2. The molecule has 0 saturated carbocycles. The van der Waals surface area contributed by atoms with E-state index in [9.17, 15) is 22.8 Å². The second-order valence-corrected chi connectivity index (χ2v) is 6.28. The van der Waals surface area contributed by atoms with Crippen molar-refractivity contribution in [2.45, 2.75) is 33.4 Å². The van der Waals surface area contributed by atoms with Gasteiger partial charge in [-0.25, -0.2) is 0 Å². The van der Waals surface area contributed by atoms with Gasteiger partial charge >= 0.3 is 6.18 Å². The fraction of sp³-hybridized carbons (Fsp3) is 0.846. The van der Waals surface area contributed by atoms with E-state index in [1.54, 1.807) is 5.32 Å². The van der Waals surface area contributed by atoms with Gasteiger partial charge in [0, 0.05) is 13.6 Å². The van der Waals surface area contributed by atoms with Gasteiger partial charge in [0.2, 0.25) is 11.8 Å². The van der Waals surface area contributed by atoms with E-state index in [0.29, 0.717) is 6.42 Å². The lowest BCUT2D eigenvalue weighted by molar-refractivity contribution is -0.143. The Hall–Kier alpha value is -1.31. The van der Waals surface area contributed by atoms with Gasteiger partial charge in [0.05, 0.1) is 12.5 Å². The van der Waals surface area contributed by atoms with Crippen molar-refractivity contribution in [3.05, 3.63) is 0 Å². The van der Waals surface area contributed by atoms with Gasteiger partial charge in [0.1, 0.15) is 6.54 Å². The van der Waals surface area contributed by atoms with Crippen molar-refractivity contribution in [2.75, 3.05) is 26.7 Å². The Morgan fingerprint density at radius 2 is 1.76 bits per heavy atom. The minimum atomic E-state index is -4.47. The molecule has 0 aromatic rings. The number of nitrogens with one attached hydrogen (secondary N) is 1. The summed E-state index contributed by atoms with van der Waals surface area (Å²) in [4.78, 5) is 24.6. The maximum Gasteiger partial charge on any atom is 0.405 e. The number of hydrogen-bond donors (Lipinski definition) is 2. The minimum Gasteiger partial charge on any atom is -0.345 e. The molecule has 0 fully saturated rings. The van der Waals surface area contributed by atoms with Crippen LogP contribution in [-0.2, 0) is 9.59 Å². The first-order valence-electron chi connectivity index (χ1n) is 6.64. The normalized spacial score (nSPS) is 13.7. The minimum absolute atomic E-state index is 0.112. The topological polar surface area (TPSA) is 75.4 Å². The lowest BCUT2D eigenvalue weighted by Gasteiger charge is -2.27. The highest BCUT2D eigenvalue weighted by Gasteiger charge is 2.29. The Balaban J connectivity index is 4.46. The monoisotopic (exact) mass is 311 g/mol. The molecular weight excluding hydrogens is 287 g/mol. The highest BCUT2D eigenvalue weighted by molar-refractivity contribution is 5.85. The first kappa shape index (κ1) is 19.7. The third-order valence-electron chi connectivity index (χ3n) is 2.74. The SMILES string of the molecule is CN(CC(=O)NCC(F)(F)F)C(=O)C(CN)CC(C)(C)C. The Morgan fingerprint density at radius 3 is 2.14 bits per heavy atom. The molecule has 8 heteroatoms. The van der Waals surface area contributed by atoms with Crippen LogP contribution < -0.4 is 11.1 Å². The summed E-state index contributed by atoms with van der Waals surface area (Å²) in [5.74, 6) is -1.64. The zero-order valence-electron chi connectivity index (χ0n) is 12.9. The number of halogens is 3. The Morgan fingerprint density at radius 1 is 1.24 bits per heavy atom. The van der Waals surface area contributed by atoms with E-state index in [2.05, 4.69) is 0 Å². The van der Waals surface area contributed by atoms with E-state index in [-0.39, 0.29) is 17.9 Å². The van der Waals surface area contributed by atoms with Gasteiger partial charge < -0.3 is 16.0 Å². The summed E-state index contributed by atoms with van der Waals surface area (Å²) < 4.78 is 35.9. The molecule has 0 aromatic heterocycles. The maximum absolute atomic E-state index is 12.1. The molecule has 2 amide bonds. The molecule has 0 aromatic carbocycles. The van der Waals surface area contributed by atoms with Gasteiger partial charge in [0.15, 0.2) is 0 Å². The van der Waals surface area contributed by atoms with Crippen LogP contribution in [0.15, 0.2) is 0 Å². The number of likely N-dealkylation sites (N-methyl/N-ethyl adjacent to an activating group) is 1. The molecule has 0 bridgehead atoms. The molecule has 0 saturated heterocycles. The summed E-state index contributed by atoms with van der Waals surface area (Å²) in [6, 6.07) is 0. The van der Waals surface area contributed by atoms with Crippen LogP contribution in [-0.4, -0.2) is 49.6 Å². The zero-order valence-corrected chi connectivity index (χ0v) is 12.9. The van der Waals surface area contributed by atoms with Crippen molar-refractivity contribution in [1.29, 1.82) is 0 Å². The second-order valence-electron chi connectivity index (χ2n) is 6.28. The second kappa shape index (κ2) is 7.63. The molecular formula is C13H24F3N3O2. The molecule has 3 N–H and O–H groups in total. The smallest absolute Gasteiger partial charge is 0.345 e. The lowest BCUT2D eigenvalue weighted by atomic mass is 9.84. The zero-order chi connectivity index (χ0) is 16.8. The van der Waals surface area contributed by atoms with E-state index < -0.39 is 31.1 Å². The van der Waals surface area contributed by atoms with Crippen molar-refractivity contribution in [2.24, 2.45) is 17.1 Å². The first-order valence-corrected chi connectivity index (χ1v) is 6.64. The highest BCUT2D eigenvalue weighted by Crippen LogP contribution is 2.24. The molecule has 1 atom stereocenters. The van der Waals surface area contributed by atoms with Crippen LogP contribution in [0.2, 0.25) is 0 Å². The molecule has 0 aliphatic rings. The largest absolute Gasteiger partial charge is 0.405 e. The number of hydrogen-bond acceptors (Lipinski definition) is 3. The standard InChI is InChI=1S/C13H24F3N3O2/c1-12(2,3)5-9(6-17)11(21)19(4)7-10(20)18-8-13(14,15)16/h9H,5-8,17H2,1-4H3,(H,18,20). The molecule has 0 aliphatic heterocycles. The number of carbonyl (C=O) groups is 2. The number of amides is 2. The summed E-state index contributed by atoms with van der Waals surface area (Å²) in [5, 5.41) is 1.72. The Labute approximate surface area is 123 Å². The molecule has 124 valence electrons. The van der Waals surface area contributed by atoms with Gasteiger partial charge in [0.25, 0.3) is 0 Å². The van der Waals surface area contributed by atoms with Crippen LogP contribution in [0.1, 0.15) is 27.2 Å². The van der Waals surface area contributed by atoms with Gasteiger partial charge in [-0.3, -0.25) is 9.59 Å². The van der Waals surface area contributed by atoms with Gasteiger partial charge in [-0.05, 0) is 11.8 Å². The fourth-order valence-electron chi connectivity index (χ4n) is 1.87. The van der Waals surface area contributed by atoms with E-state index in [0.717, 1.165) is 4.90 Å². The maximum atomic E-state index is 12.1. The third kappa shape index (κ3) is 9.28. The number of nitrogens with two attached hydrogens (primary N) is 1. The van der Waals surface area contributed by atoms with E-state index in [1.165, 1.54) is 7.05 Å². The average Bonchev–Trinajstić information content (AvgIpc) is 2.30. The third-order valence-corrected chi connectivity index (χ3v) is 2.74. The van der Waals surface area contributed by atoms with Crippen LogP contribution >= 0.6 is 0 Å². The molecule has 21 heavy (non-hydrogen) atoms. The van der Waals surface area contributed by atoms with Crippen molar-refractivity contribution in [1.82, 2.24) is 10.2 Å². The van der Waals surface area contributed by atoms with Gasteiger partial charge in [-0.15, -0.1) is 0 Å². The summed E-state index contributed by atoms with van der Waals surface area (Å²) in [6.45, 7) is 4.17. The summed E-state index contributed by atoms with van der Waals surface area (Å²) in [6.07, 6.45) is -3.93. The molecule has 1 unspecified atom stereocenters. The van der Waals surface area contributed by atoms with Crippen molar-refractivity contribution >= 4 is 11.8 Å². The molecule has 0 spiro atoms. The number of nitrogens with zero attached hydrogens (tertiary/aromatic N) is 1. The van der Waals surface area contributed by atoms with Crippen LogP contribution in [0.25, 0.3) is 0 Å². The fourth-order valence-corrected chi connectivity index (χ4v) is 1.87. The summed E-state index contributed by atoms with van der Waals surface area (Å²) in [5.41, 5.74) is 5.46. The number of alkyl halides is 3. The summed E-state index contributed by atoms with van der Waals surface area (Å²) in [7, 11) is 1.38. The van der Waals surface area contributed by atoms with E-state index in [4.69, 9.17) is 5.73 Å². The van der Waals surface area contributed by atoms with Crippen molar-refractivity contribution < 1.29 is 22.8 Å². The van der Waals surface area contributed by atoms with Crippen LogP contribution in [0.3, 0.4) is 0 Å². The van der Waals surface area contributed by atoms with Crippen LogP contribution in [0, 0.1) is 11.3 Å². The Bertz CT molecular complexity index is 365. The van der Waals surface area contributed by atoms with E-state index in [1.807, 2.05) is 20.8 Å². The Kier molecular flexibility index (Phi) is 7.15. The van der Waals surface area contributed by atoms with Gasteiger partial charge in [-0.2, -0.15) is 13.2 Å². The molecule has 0 heterocycles. The van der Waals surface area contributed by atoms with Crippen molar-refractivity contribution in [3.63, 3.8) is 0 Å². The first-order chi connectivity index (χ1) is 9.35. The molecule has 5 nitrogen and oxygen atoms in total. The molecule has 0 rings (SSSR count).